The van der Waals surface area contributed by atoms with Crippen LogP contribution in [-0.4, -0.2) is 32.8 Å². The molecule has 1 aliphatic rings. The molecular formula is C14H19NO3S2. The predicted octanol–water partition coefficient (Wildman–Crippen LogP) is 2.96. The van der Waals surface area contributed by atoms with Crippen molar-refractivity contribution in [2.75, 3.05) is 19.5 Å². The van der Waals surface area contributed by atoms with Gasteiger partial charge in [-0.05, 0) is 26.0 Å². The molecule has 0 fully saturated rings. The number of aryl methyl sites for hydroxylation is 1. The maximum atomic E-state index is 12.0. The largest absolute Gasteiger partial charge is 0.368 e. The fourth-order valence-corrected chi connectivity index (χ4v) is 3.90. The molecule has 1 heterocycles. The Bertz CT molecular complexity index is 606. The monoisotopic (exact) mass is 313 g/mol. The Morgan fingerprint density at radius 3 is 2.45 bits per heavy atom. The van der Waals surface area contributed by atoms with Crippen molar-refractivity contribution in [1.29, 1.82) is 0 Å². The summed E-state index contributed by atoms with van der Waals surface area (Å²) in [6, 6.07) is 6.69. The zero-order chi connectivity index (χ0) is 14.8. The average Bonchev–Trinajstić information content (AvgIpc) is 2.71. The van der Waals surface area contributed by atoms with Gasteiger partial charge in [0.25, 0.3) is 10.1 Å². The number of hydrogen-bond acceptors (Lipinski definition) is 5. The van der Waals surface area contributed by atoms with Crippen molar-refractivity contribution >= 4 is 21.9 Å². The SMILES string of the molecule is CC1=C(CCOS(=O)(=O)c2ccc(C)cc2)SCN1C. The van der Waals surface area contributed by atoms with E-state index in [0.29, 0.717) is 6.42 Å². The molecule has 1 aromatic carbocycles. The van der Waals surface area contributed by atoms with Crippen molar-refractivity contribution < 1.29 is 12.6 Å². The fraction of sp³-hybridized carbons (Fsp3) is 0.429. The van der Waals surface area contributed by atoms with Crippen LogP contribution in [0.4, 0.5) is 0 Å². The summed E-state index contributed by atoms with van der Waals surface area (Å²) in [6.45, 7) is 4.15. The number of rotatable bonds is 5. The Kier molecular flexibility index (Phi) is 4.78. The van der Waals surface area contributed by atoms with Crippen LogP contribution in [0.5, 0.6) is 0 Å². The minimum atomic E-state index is -3.65. The lowest BCUT2D eigenvalue weighted by Crippen LogP contribution is -2.10. The van der Waals surface area contributed by atoms with Crippen molar-refractivity contribution in [3.8, 4) is 0 Å². The Hall–Kier alpha value is -0.980. The van der Waals surface area contributed by atoms with Crippen LogP contribution in [0, 0.1) is 6.92 Å². The first-order valence-electron chi connectivity index (χ1n) is 6.40. The summed E-state index contributed by atoms with van der Waals surface area (Å²) in [5, 5.41) is 0. The summed E-state index contributed by atoms with van der Waals surface area (Å²) in [7, 11) is -1.62. The summed E-state index contributed by atoms with van der Waals surface area (Å²) < 4.78 is 29.1. The van der Waals surface area contributed by atoms with E-state index in [2.05, 4.69) is 4.90 Å². The van der Waals surface area contributed by atoms with Gasteiger partial charge in [-0.3, -0.25) is 4.18 Å². The lowest BCUT2D eigenvalue weighted by atomic mass is 10.2. The number of thioether (sulfide) groups is 1. The Morgan fingerprint density at radius 1 is 1.25 bits per heavy atom. The highest BCUT2D eigenvalue weighted by molar-refractivity contribution is 8.03. The van der Waals surface area contributed by atoms with Crippen LogP contribution in [0.1, 0.15) is 18.9 Å². The molecule has 20 heavy (non-hydrogen) atoms. The smallest absolute Gasteiger partial charge is 0.296 e. The van der Waals surface area contributed by atoms with E-state index in [1.165, 1.54) is 10.6 Å². The number of hydrogen-bond donors (Lipinski definition) is 0. The molecule has 4 nitrogen and oxygen atoms in total. The minimum absolute atomic E-state index is 0.184. The lowest BCUT2D eigenvalue weighted by Gasteiger charge is -2.10. The summed E-state index contributed by atoms with van der Waals surface area (Å²) in [6.07, 6.45) is 0.631. The average molecular weight is 313 g/mol. The second kappa shape index (κ2) is 6.20. The van der Waals surface area contributed by atoms with Gasteiger partial charge in [0.05, 0.1) is 17.4 Å². The Labute approximate surface area is 124 Å². The van der Waals surface area contributed by atoms with Crippen LogP contribution in [0.15, 0.2) is 39.8 Å². The molecule has 1 aromatic rings. The van der Waals surface area contributed by atoms with Gasteiger partial charge in [-0.25, -0.2) is 0 Å². The molecule has 1 aliphatic heterocycles. The standard InChI is InChI=1S/C14H19NO3S2/c1-11-4-6-13(7-5-11)20(16,17)18-9-8-14-12(2)15(3)10-19-14/h4-7H,8-10H2,1-3H3. The molecule has 0 N–H and O–H groups in total. The lowest BCUT2D eigenvalue weighted by molar-refractivity contribution is 0.323. The van der Waals surface area contributed by atoms with Crippen LogP contribution >= 0.6 is 11.8 Å². The van der Waals surface area contributed by atoms with Gasteiger partial charge >= 0.3 is 0 Å². The fourth-order valence-electron chi connectivity index (χ4n) is 1.86. The summed E-state index contributed by atoms with van der Waals surface area (Å²) in [4.78, 5) is 3.56. The van der Waals surface area contributed by atoms with E-state index in [1.54, 1.807) is 36.0 Å². The summed E-state index contributed by atoms with van der Waals surface area (Å²) >= 11 is 1.74. The van der Waals surface area contributed by atoms with Gasteiger partial charge < -0.3 is 4.90 Å². The number of nitrogens with zero attached hydrogens (tertiary/aromatic N) is 1. The van der Waals surface area contributed by atoms with E-state index in [4.69, 9.17) is 4.18 Å². The van der Waals surface area contributed by atoms with Crippen LogP contribution in [-0.2, 0) is 14.3 Å². The second-order valence-corrected chi connectivity index (χ2v) is 7.47. The molecule has 0 saturated carbocycles. The third kappa shape index (κ3) is 3.56. The maximum absolute atomic E-state index is 12.0. The minimum Gasteiger partial charge on any atom is -0.368 e. The third-order valence-corrected chi connectivity index (χ3v) is 5.98. The highest BCUT2D eigenvalue weighted by Crippen LogP contribution is 2.32. The van der Waals surface area contributed by atoms with Crippen LogP contribution in [0.2, 0.25) is 0 Å². The molecule has 2 rings (SSSR count). The van der Waals surface area contributed by atoms with E-state index in [9.17, 15) is 8.42 Å². The quantitative estimate of drug-likeness (QED) is 0.782. The molecule has 0 saturated heterocycles. The third-order valence-electron chi connectivity index (χ3n) is 3.29. The van der Waals surface area contributed by atoms with Crippen molar-refractivity contribution in [3.05, 3.63) is 40.4 Å². The first kappa shape index (κ1) is 15.4. The first-order chi connectivity index (χ1) is 9.40. The molecule has 0 amide bonds. The highest BCUT2D eigenvalue weighted by Gasteiger charge is 2.18. The molecule has 0 aliphatic carbocycles. The normalized spacial score (nSPS) is 16.1. The van der Waals surface area contributed by atoms with Gasteiger partial charge in [-0.15, -0.1) is 11.8 Å². The molecule has 6 heteroatoms. The topological polar surface area (TPSA) is 46.6 Å². The summed E-state index contributed by atoms with van der Waals surface area (Å²) in [5.41, 5.74) is 2.22. The zero-order valence-electron chi connectivity index (χ0n) is 11.9. The van der Waals surface area contributed by atoms with Crippen molar-refractivity contribution in [2.45, 2.75) is 25.2 Å². The highest BCUT2D eigenvalue weighted by atomic mass is 32.2. The molecule has 0 unspecified atom stereocenters. The predicted molar refractivity (Wildman–Crippen MR) is 81.9 cm³/mol. The van der Waals surface area contributed by atoms with Gasteiger partial charge in [0.2, 0.25) is 0 Å². The molecule has 0 aromatic heterocycles. The Morgan fingerprint density at radius 2 is 1.90 bits per heavy atom. The van der Waals surface area contributed by atoms with Crippen molar-refractivity contribution in [2.24, 2.45) is 0 Å². The molecule has 110 valence electrons. The number of allylic oxidation sites excluding steroid dienone is 1. The molecule has 0 spiro atoms. The van der Waals surface area contributed by atoms with Gasteiger partial charge in [0, 0.05) is 24.1 Å². The van der Waals surface area contributed by atoms with Gasteiger partial charge in [-0.1, -0.05) is 17.7 Å². The van der Waals surface area contributed by atoms with Crippen LogP contribution in [0.25, 0.3) is 0 Å². The van der Waals surface area contributed by atoms with Gasteiger partial charge in [0.15, 0.2) is 0 Å². The van der Waals surface area contributed by atoms with Gasteiger partial charge in [-0.2, -0.15) is 8.42 Å². The molecule has 0 atom stereocenters. The van der Waals surface area contributed by atoms with E-state index in [1.807, 2.05) is 20.9 Å². The first-order valence-corrected chi connectivity index (χ1v) is 8.79. The van der Waals surface area contributed by atoms with E-state index in [-0.39, 0.29) is 11.5 Å². The van der Waals surface area contributed by atoms with Crippen LogP contribution in [0.3, 0.4) is 0 Å². The van der Waals surface area contributed by atoms with Crippen LogP contribution < -0.4 is 0 Å². The summed E-state index contributed by atoms with van der Waals surface area (Å²) in [5.74, 6) is 0.922. The molecular weight excluding hydrogens is 294 g/mol. The van der Waals surface area contributed by atoms with E-state index in [0.717, 1.165) is 11.4 Å². The van der Waals surface area contributed by atoms with Gasteiger partial charge in [0.1, 0.15) is 0 Å². The molecule has 0 radical (unpaired) electrons. The zero-order valence-corrected chi connectivity index (χ0v) is 13.6. The second-order valence-electron chi connectivity index (χ2n) is 4.82. The van der Waals surface area contributed by atoms with Crippen molar-refractivity contribution in [3.63, 3.8) is 0 Å². The van der Waals surface area contributed by atoms with E-state index >= 15 is 0 Å². The Balaban J connectivity index is 1.95. The molecule has 0 bridgehead atoms. The van der Waals surface area contributed by atoms with Crippen molar-refractivity contribution in [1.82, 2.24) is 4.90 Å². The maximum Gasteiger partial charge on any atom is 0.296 e. The van der Waals surface area contributed by atoms with E-state index < -0.39 is 10.1 Å². The number of benzene rings is 1.